The predicted molar refractivity (Wildman–Crippen MR) is 114 cm³/mol. The lowest BCUT2D eigenvalue weighted by molar-refractivity contribution is -0.144. The maximum Gasteiger partial charge on any atom is 0.417 e. The minimum atomic E-state index is -4.53. The van der Waals surface area contributed by atoms with E-state index in [1.165, 1.54) is 30.3 Å². The van der Waals surface area contributed by atoms with Gasteiger partial charge in [0.05, 0.1) is 36.8 Å². The van der Waals surface area contributed by atoms with Crippen LogP contribution in [0.1, 0.15) is 41.4 Å². The fraction of sp³-hybridized carbons (Fsp3) is 0.409. The Morgan fingerprint density at radius 1 is 1.24 bits per heavy atom. The normalized spacial score (nSPS) is 14.3. The maximum absolute atomic E-state index is 13.0. The van der Waals surface area contributed by atoms with Gasteiger partial charge in [-0.25, -0.2) is 4.98 Å². The minimum Gasteiger partial charge on any atom is -0.480 e. The third kappa shape index (κ3) is 6.21. The van der Waals surface area contributed by atoms with Crippen molar-refractivity contribution in [3.8, 4) is 5.88 Å². The molecule has 0 aliphatic heterocycles. The van der Waals surface area contributed by atoms with E-state index in [1.807, 2.05) is 6.92 Å². The second-order valence-corrected chi connectivity index (χ2v) is 8.14. The van der Waals surface area contributed by atoms with E-state index in [-0.39, 0.29) is 41.8 Å². The summed E-state index contributed by atoms with van der Waals surface area (Å²) in [6.45, 7) is 2.03. The third-order valence-corrected chi connectivity index (χ3v) is 5.49. The summed E-state index contributed by atoms with van der Waals surface area (Å²) in [5, 5.41) is 2.38. The Hall–Kier alpha value is -3.70. The summed E-state index contributed by atoms with van der Waals surface area (Å²) >= 11 is 0. The number of pyridine rings is 2. The molecular weight excluding hydrogens is 455 g/mol. The van der Waals surface area contributed by atoms with Crippen LogP contribution in [0, 0.1) is 11.8 Å². The van der Waals surface area contributed by atoms with Crippen LogP contribution in [0.4, 0.5) is 18.9 Å². The Labute approximate surface area is 193 Å². The zero-order valence-electron chi connectivity index (χ0n) is 18.6. The zero-order chi connectivity index (χ0) is 25.0. The van der Waals surface area contributed by atoms with E-state index in [9.17, 15) is 27.6 Å². The summed E-state index contributed by atoms with van der Waals surface area (Å²) in [5.41, 5.74) is 4.56. The van der Waals surface area contributed by atoms with E-state index in [1.54, 1.807) is 0 Å². The van der Waals surface area contributed by atoms with Crippen LogP contribution >= 0.6 is 0 Å². The van der Waals surface area contributed by atoms with Gasteiger partial charge in [-0.15, -0.1) is 0 Å². The Balaban J connectivity index is 1.77. The Morgan fingerprint density at radius 3 is 2.47 bits per heavy atom. The summed E-state index contributed by atoms with van der Waals surface area (Å²) in [6, 6.07) is 3.28. The van der Waals surface area contributed by atoms with Crippen molar-refractivity contribution in [2.24, 2.45) is 17.6 Å². The van der Waals surface area contributed by atoms with Gasteiger partial charge in [0.15, 0.2) is 0 Å². The summed E-state index contributed by atoms with van der Waals surface area (Å²) < 4.78 is 43.4. The monoisotopic (exact) mass is 479 g/mol. The molecule has 34 heavy (non-hydrogen) atoms. The molecule has 1 unspecified atom stereocenters. The summed E-state index contributed by atoms with van der Waals surface area (Å²) in [7, 11) is 1.30. The molecule has 3 amide bonds. The van der Waals surface area contributed by atoms with Crippen LogP contribution < -0.4 is 15.8 Å². The number of nitrogens with one attached hydrogen (secondary N) is 1. The largest absolute Gasteiger partial charge is 0.480 e. The summed E-state index contributed by atoms with van der Waals surface area (Å²) in [4.78, 5) is 46.2. The Kier molecular flexibility index (Phi) is 7.38. The molecule has 9 nitrogen and oxygen atoms in total. The van der Waals surface area contributed by atoms with Crippen molar-refractivity contribution in [2.75, 3.05) is 19.0 Å². The zero-order valence-corrected chi connectivity index (χ0v) is 18.6. The number of alkyl halides is 3. The molecule has 182 valence electrons. The molecule has 0 radical (unpaired) electrons. The number of primary amides is 1. The van der Waals surface area contributed by atoms with Crippen molar-refractivity contribution >= 4 is 23.4 Å². The SMILES string of the molecule is COc1ncc(NC(=O)C(=O)N(Cc2ccc(C(F)(F)F)cn2)CC(C)C2CC2)cc1C(N)=O. The van der Waals surface area contributed by atoms with Gasteiger partial charge < -0.3 is 20.7 Å². The molecule has 1 fully saturated rings. The average Bonchev–Trinajstić information content (AvgIpc) is 3.63. The Morgan fingerprint density at radius 2 is 1.94 bits per heavy atom. The highest BCUT2D eigenvalue weighted by atomic mass is 19.4. The number of anilines is 1. The van der Waals surface area contributed by atoms with Gasteiger partial charge in [-0.05, 0) is 42.9 Å². The average molecular weight is 479 g/mol. The number of hydrogen-bond acceptors (Lipinski definition) is 6. The first-order valence-corrected chi connectivity index (χ1v) is 10.5. The highest BCUT2D eigenvalue weighted by Crippen LogP contribution is 2.37. The van der Waals surface area contributed by atoms with Crippen molar-refractivity contribution in [1.82, 2.24) is 14.9 Å². The van der Waals surface area contributed by atoms with Crippen LogP contribution in [0.5, 0.6) is 5.88 Å². The Bertz CT molecular complexity index is 1070. The molecule has 2 aromatic heterocycles. The van der Waals surface area contributed by atoms with E-state index >= 15 is 0 Å². The molecule has 2 heterocycles. The van der Waals surface area contributed by atoms with Gasteiger partial charge in [-0.1, -0.05) is 6.92 Å². The molecule has 0 spiro atoms. The first-order valence-electron chi connectivity index (χ1n) is 10.5. The number of carbonyl (C=O) groups excluding carboxylic acids is 3. The highest BCUT2D eigenvalue weighted by Gasteiger charge is 2.33. The van der Waals surface area contributed by atoms with Crippen LogP contribution in [0.25, 0.3) is 0 Å². The lowest BCUT2D eigenvalue weighted by Crippen LogP contribution is -2.42. The molecule has 1 aliphatic carbocycles. The molecule has 0 bridgehead atoms. The molecule has 2 aromatic rings. The maximum atomic E-state index is 13.0. The van der Waals surface area contributed by atoms with Crippen molar-refractivity contribution < 1.29 is 32.3 Å². The minimum absolute atomic E-state index is 0.0370. The predicted octanol–water partition coefficient (Wildman–Crippen LogP) is 2.62. The lowest BCUT2D eigenvalue weighted by atomic mass is 10.1. The number of nitrogens with two attached hydrogens (primary N) is 1. The summed E-state index contributed by atoms with van der Waals surface area (Å²) in [6.07, 6.45) is -0.609. The van der Waals surface area contributed by atoms with Crippen molar-refractivity contribution in [3.63, 3.8) is 0 Å². The quantitative estimate of drug-likeness (QED) is 0.561. The first-order chi connectivity index (χ1) is 16.0. The first kappa shape index (κ1) is 24.9. The smallest absolute Gasteiger partial charge is 0.417 e. The fourth-order valence-electron chi connectivity index (χ4n) is 3.45. The van der Waals surface area contributed by atoms with Crippen molar-refractivity contribution in [2.45, 2.75) is 32.5 Å². The van der Waals surface area contributed by atoms with Gasteiger partial charge in [-0.2, -0.15) is 13.2 Å². The van der Waals surface area contributed by atoms with Crippen molar-refractivity contribution in [1.29, 1.82) is 0 Å². The van der Waals surface area contributed by atoms with Gasteiger partial charge in [0, 0.05) is 12.7 Å². The molecule has 12 heteroatoms. The van der Waals surface area contributed by atoms with Gasteiger partial charge in [0.1, 0.15) is 5.56 Å². The number of rotatable bonds is 8. The molecule has 0 aromatic carbocycles. The van der Waals surface area contributed by atoms with E-state index < -0.39 is 29.5 Å². The summed E-state index contributed by atoms with van der Waals surface area (Å²) in [5.74, 6) is -2.26. The number of hydrogen-bond donors (Lipinski definition) is 2. The van der Waals surface area contributed by atoms with Crippen LogP contribution in [-0.2, 0) is 22.3 Å². The number of methoxy groups -OCH3 is 1. The lowest BCUT2D eigenvalue weighted by Gasteiger charge is -2.25. The van der Waals surface area contributed by atoms with Crippen LogP contribution in [0.15, 0.2) is 30.6 Å². The van der Waals surface area contributed by atoms with E-state index in [0.717, 1.165) is 18.9 Å². The van der Waals surface area contributed by atoms with Gasteiger partial charge in [0.2, 0.25) is 5.88 Å². The standard InChI is InChI=1S/C22H24F3N5O4/c1-12(13-3-4-13)10-30(11-15-6-5-14(8-27-15)22(23,24)25)21(33)19(32)29-16-7-17(18(26)31)20(34-2)28-9-16/h5-9,12-13H,3-4,10-11H2,1-2H3,(H2,26,31)(H,29,32). The molecule has 1 aliphatic rings. The molecule has 3 rings (SSSR count). The highest BCUT2D eigenvalue weighted by molar-refractivity contribution is 6.39. The molecule has 1 saturated carbocycles. The van der Waals surface area contributed by atoms with Gasteiger partial charge in [0.25, 0.3) is 5.91 Å². The topological polar surface area (TPSA) is 128 Å². The fourth-order valence-corrected chi connectivity index (χ4v) is 3.45. The second kappa shape index (κ2) is 10.1. The van der Waals surface area contributed by atoms with Crippen molar-refractivity contribution in [3.05, 3.63) is 47.4 Å². The van der Waals surface area contributed by atoms with E-state index in [0.29, 0.717) is 12.1 Å². The number of halogens is 3. The van der Waals surface area contributed by atoms with Crippen LogP contribution in [-0.4, -0.2) is 46.2 Å². The molecular formula is C22H24F3N5O4. The number of ether oxygens (including phenoxy) is 1. The van der Waals surface area contributed by atoms with Crippen LogP contribution in [0.2, 0.25) is 0 Å². The number of aromatic nitrogens is 2. The van der Waals surface area contributed by atoms with Gasteiger partial charge in [-0.3, -0.25) is 19.4 Å². The van der Waals surface area contributed by atoms with E-state index in [4.69, 9.17) is 10.5 Å². The number of amides is 3. The number of nitrogens with zero attached hydrogens (tertiary/aromatic N) is 3. The number of carbonyl (C=O) groups is 3. The molecule has 1 atom stereocenters. The van der Waals surface area contributed by atoms with Gasteiger partial charge >= 0.3 is 18.0 Å². The van der Waals surface area contributed by atoms with Crippen LogP contribution in [0.3, 0.4) is 0 Å². The molecule has 3 N–H and O–H groups in total. The third-order valence-electron chi connectivity index (χ3n) is 5.49. The molecule has 0 saturated heterocycles. The van der Waals surface area contributed by atoms with E-state index in [2.05, 4.69) is 15.3 Å². The second-order valence-electron chi connectivity index (χ2n) is 8.14.